The van der Waals surface area contributed by atoms with Gasteiger partial charge in [0.1, 0.15) is 0 Å². The maximum absolute atomic E-state index is 5.75. The van der Waals surface area contributed by atoms with Gasteiger partial charge in [0, 0.05) is 6.20 Å². The molecular formula is C11H14N2. The summed E-state index contributed by atoms with van der Waals surface area (Å²) in [7, 11) is 0. The van der Waals surface area contributed by atoms with Gasteiger partial charge >= 0.3 is 0 Å². The van der Waals surface area contributed by atoms with Crippen molar-refractivity contribution >= 4 is 5.69 Å². The molecule has 13 heavy (non-hydrogen) atoms. The number of benzene rings is 1. The Hall–Kier alpha value is -1.54. The maximum Gasteiger partial charge on any atom is 0.0570 e. The van der Waals surface area contributed by atoms with Gasteiger partial charge in [-0.05, 0) is 30.7 Å². The van der Waals surface area contributed by atoms with Crippen molar-refractivity contribution in [2.24, 2.45) is 5.84 Å². The van der Waals surface area contributed by atoms with Gasteiger partial charge in [0.25, 0.3) is 0 Å². The lowest BCUT2D eigenvalue weighted by molar-refractivity contribution is 1.08. The summed E-state index contributed by atoms with van der Waals surface area (Å²) in [6.07, 6.45) is 5.25. The van der Waals surface area contributed by atoms with Crippen LogP contribution in [0.25, 0.3) is 0 Å². The number of hydrogen-bond donors (Lipinski definition) is 1. The van der Waals surface area contributed by atoms with Crippen LogP contribution in [0.3, 0.4) is 0 Å². The van der Waals surface area contributed by atoms with E-state index in [-0.39, 0.29) is 0 Å². The third-order valence-corrected chi connectivity index (χ3v) is 1.68. The summed E-state index contributed by atoms with van der Waals surface area (Å²) in [6, 6.07) is 7.99. The van der Waals surface area contributed by atoms with Gasteiger partial charge in [-0.15, -0.1) is 0 Å². The van der Waals surface area contributed by atoms with E-state index < -0.39 is 0 Å². The maximum atomic E-state index is 5.75. The summed E-state index contributed by atoms with van der Waals surface area (Å²) in [5, 5.41) is 1.56. The third kappa shape index (κ3) is 2.76. The third-order valence-electron chi connectivity index (χ3n) is 1.68. The molecule has 2 heteroatoms. The van der Waals surface area contributed by atoms with E-state index in [0.717, 1.165) is 5.69 Å². The Kier molecular flexibility index (Phi) is 3.29. The van der Waals surface area contributed by atoms with Crippen molar-refractivity contribution in [1.82, 2.24) is 0 Å². The number of rotatable bonds is 3. The van der Waals surface area contributed by atoms with Crippen LogP contribution in [0.5, 0.6) is 0 Å². The van der Waals surface area contributed by atoms with E-state index in [4.69, 9.17) is 5.84 Å². The fourth-order valence-electron chi connectivity index (χ4n) is 1.03. The van der Waals surface area contributed by atoms with Crippen molar-refractivity contribution in [2.75, 3.05) is 5.01 Å². The van der Waals surface area contributed by atoms with E-state index in [1.54, 1.807) is 23.4 Å². The van der Waals surface area contributed by atoms with E-state index in [9.17, 15) is 0 Å². The molecule has 0 radical (unpaired) electrons. The standard InChI is InChI=1S/C11H14N2/c1-3-4-8-13(12)11-7-5-6-10(2)9-11/h3-9H,1,12H2,2H3/b8-4-. The molecule has 1 aromatic carbocycles. The molecule has 0 aliphatic carbocycles. The van der Waals surface area contributed by atoms with E-state index in [1.807, 2.05) is 31.2 Å². The fourth-order valence-corrected chi connectivity index (χ4v) is 1.03. The molecule has 1 rings (SSSR count). The largest absolute Gasteiger partial charge is 0.287 e. The molecule has 0 unspecified atom stereocenters. The van der Waals surface area contributed by atoms with Gasteiger partial charge in [-0.2, -0.15) is 0 Å². The van der Waals surface area contributed by atoms with E-state index in [2.05, 4.69) is 6.58 Å². The number of anilines is 1. The van der Waals surface area contributed by atoms with Crippen molar-refractivity contribution in [3.8, 4) is 0 Å². The molecule has 0 heterocycles. The molecule has 0 aliphatic heterocycles. The van der Waals surface area contributed by atoms with Crippen LogP contribution < -0.4 is 10.9 Å². The van der Waals surface area contributed by atoms with Crippen molar-refractivity contribution < 1.29 is 0 Å². The number of nitrogens with two attached hydrogens (primary N) is 1. The Balaban J connectivity index is 2.82. The first-order valence-electron chi connectivity index (χ1n) is 4.14. The van der Waals surface area contributed by atoms with Crippen LogP contribution in [-0.4, -0.2) is 0 Å². The summed E-state index contributed by atoms with van der Waals surface area (Å²) >= 11 is 0. The van der Waals surface area contributed by atoms with Crippen LogP contribution in [-0.2, 0) is 0 Å². The Morgan fingerprint density at radius 1 is 1.46 bits per heavy atom. The van der Waals surface area contributed by atoms with Crippen molar-refractivity contribution in [2.45, 2.75) is 6.92 Å². The van der Waals surface area contributed by atoms with Crippen molar-refractivity contribution in [3.05, 3.63) is 54.8 Å². The highest BCUT2D eigenvalue weighted by molar-refractivity contribution is 5.49. The quantitative estimate of drug-likeness (QED) is 0.433. The highest BCUT2D eigenvalue weighted by Crippen LogP contribution is 2.12. The predicted molar refractivity (Wildman–Crippen MR) is 57.2 cm³/mol. The molecule has 0 atom stereocenters. The number of allylic oxidation sites excluding steroid dienone is 2. The molecule has 0 fully saturated rings. The van der Waals surface area contributed by atoms with E-state index in [1.165, 1.54) is 5.56 Å². The predicted octanol–water partition coefficient (Wildman–Crippen LogP) is 2.37. The lowest BCUT2D eigenvalue weighted by atomic mass is 10.2. The van der Waals surface area contributed by atoms with Gasteiger partial charge in [-0.1, -0.05) is 24.8 Å². The zero-order chi connectivity index (χ0) is 9.68. The van der Waals surface area contributed by atoms with Crippen LogP contribution in [0.1, 0.15) is 5.56 Å². The second kappa shape index (κ2) is 4.48. The Morgan fingerprint density at radius 3 is 2.85 bits per heavy atom. The van der Waals surface area contributed by atoms with Gasteiger partial charge in [0.05, 0.1) is 5.69 Å². The Morgan fingerprint density at radius 2 is 2.23 bits per heavy atom. The summed E-state index contributed by atoms with van der Waals surface area (Å²) < 4.78 is 0. The SMILES string of the molecule is C=C/C=C\N(N)c1cccc(C)c1. The average molecular weight is 174 g/mol. The van der Waals surface area contributed by atoms with Gasteiger partial charge < -0.3 is 0 Å². The monoisotopic (exact) mass is 174 g/mol. The highest BCUT2D eigenvalue weighted by Gasteiger charge is 1.95. The summed E-state index contributed by atoms with van der Waals surface area (Å²) in [5.74, 6) is 5.75. The zero-order valence-electron chi connectivity index (χ0n) is 7.77. The average Bonchev–Trinajstić information content (AvgIpc) is 2.14. The second-order valence-electron chi connectivity index (χ2n) is 2.82. The normalized spacial score (nSPS) is 10.3. The first-order valence-corrected chi connectivity index (χ1v) is 4.14. The Labute approximate surface area is 78.9 Å². The number of nitrogens with zero attached hydrogens (tertiary/aromatic N) is 1. The lowest BCUT2D eigenvalue weighted by Gasteiger charge is -2.13. The summed E-state index contributed by atoms with van der Waals surface area (Å²) in [4.78, 5) is 0. The van der Waals surface area contributed by atoms with Crippen LogP contribution >= 0.6 is 0 Å². The molecule has 0 aliphatic rings. The first-order chi connectivity index (χ1) is 6.24. The summed E-state index contributed by atoms with van der Waals surface area (Å²) in [6.45, 7) is 5.61. The topological polar surface area (TPSA) is 29.3 Å². The Bertz CT molecular complexity index is 316. The molecule has 0 amide bonds. The van der Waals surface area contributed by atoms with E-state index in [0.29, 0.717) is 0 Å². The molecule has 0 spiro atoms. The van der Waals surface area contributed by atoms with Crippen LogP contribution in [0.2, 0.25) is 0 Å². The molecule has 0 saturated heterocycles. The van der Waals surface area contributed by atoms with Gasteiger partial charge in [-0.3, -0.25) is 5.01 Å². The number of hydrazine groups is 1. The molecule has 68 valence electrons. The molecule has 2 N–H and O–H groups in total. The summed E-state index contributed by atoms with van der Waals surface area (Å²) in [5.41, 5.74) is 2.16. The molecule has 2 nitrogen and oxygen atoms in total. The molecular weight excluding hydrogens is 160 g/mol. The van der Waals surface area contributed by atoms with Gasteiger partial charge in [0.15, 0.2) is 0 Å². The number of hydrogen-bond acceptors (Lipinski definition) is 2. The minimum Gasteiger partial charge on any atom is -0.287 e. The molecule has 1 aromatic rings. The van der Waals surface area contributed by atoms with Crippen molar-refractivity contribution in [1.29, 1.82) is 0 Å². The van der Waals surface area contributed by atoms with Crippen molar-refractivity contribution in [3.63, 3.8) is 0 Å². The molecule has 0 saturated carbocycles. The fraction of sp³-hybridized carbons (Fsp3) is 0.0909. The first kappa shape index (κ1) is 9.55. The van der Waals surface area contributed by atoms with Crippen LogP contribution in [0.15, 0.2) is 49.2 Å². The van der Waals surface area contributed by atoms with Crippen LogP contribution in [0.4, 0.5) is 5.69 Å². The van der Waals surface area contributed by atoms with E-state index >= 15 is 0 Å². The minimum atomic E-state index is 0.970. The van der Waals surface area contributed by atoms with Crippen LogP contribution in [0, 0.1) is 6.92 Å². The lowest BCUT2D eigenvalue weighted by Crippen LogP contribution is -2.23. The second-order valence-corrected chi connectivity index (χ2v) is 2.82. The zero-order valence-corrected chi connectivity index (χ0v) is 7.77. The smallest absolute Gasteiger partial charge is 0.0570 e. The minimum absolute atomic E-state index is 0.970. The molecule has 0 aromatic heterocycles. The number of aryl methyl sites for hydroxylation is 1. The molecule has 0 bridgehead atoms. The highest BCUT2D eigenvalue weighted by atomic mass is 15.4. The van der Waals surface area contributed by atoms with Gasteiger partial charge in [-0.25, -0.2) is 5.84 Å². The van der Waals surface area contributed by atoms with Gasteiger partial charge in [0.2, 0.25) is 0 Å².